The molecule has 1 aromatic carbocycles. The van der Waals surface area contributed by atoms with Gasteiger partial charge in [0, 0.05) is 0 Å². The van der Waals surface area contributed by atoms with Crippen LogP contribution in [0.4, 0.5) is 0 Å². The maximum atomic E-state index is 11.5. The molecule has 1 N–H and O–H groups in total. The molecule has 0 unspecified atom stereocenters. The Balaban J connectivity index is 2.73. The highest BCUT2D eigenvalue weighted by Gasteiger charge is 2.19. The fraction of sp³-hybridized carbons (Fsp3) is 0.429. The molecular weight excluding hydrogens is 490 g/mol. The summed E-state index contributed by atoms with van der Waals surface area (Å²) in [5.74, 6) is 0. The van der Waals surface area contributed by atoms with E-state index in [-0.39, 0.29) is 9.92 Å². The molecule has 0 amide bonds. The van der Waals surface area contributed by atoms with Crippen LogP contribution < -0.4 is 0 Å². The smallest absolute Gasteiger partial charge is 0.282 e. The van der Waals surface area contributed by atoms with Crippen LogP contribution in [0.3, 0.4) is 0 Å². The molecule has 21 heavy (non-hydrogen) atoms. The second-order valence-electron chi connectivity index (χ2n) is 4.80. The maximum Gasteiger partial charge on any atom is 0.296 e. The van der Waals surface area contributed by atoms with E-state index in [1.165, 1.54) is 0 Å². The first-order chi connectivity index (χ1) is 9.71. The van der Waals surface area contributed by atoms with Crippen LogP contribution in [0.5, 0.6) is 0 Å². The number of rotatable bonds is 7. The van der Waals surface area contributed by atoms with E-state index < -0.39 is 10.1 Å². The Hall–Kier alpha value is 0.370. The van der Waals surface area contributed by atoms with Gasteiger partial charge in [0.2, 0.25) is 0 Å². The van der Waals surface area contributed by atoms with E-state index in [0.29, 0.717) is 12.0 Å². The Morgan fingerprint density at radius 2 is 2.05 bits per heavy atom. The highest BCUT2D eigenvalue weighted by Crippen LogP contribution is 2.28. The average Bonchev–Trinajstić information content (AvgIpc) is 2.30. The van der Waals surface area contributed by atoms with Crippen molar-refractivity contribution in [3.63, 3.8) is 0 Å². The molecule has 0 fully saturated rings. The molecule has 1 aromatic rings. The Labute approximate surface area is 153 Å². The largest absolute Gasteiger partial charge is 0.296 e. The number of hydrogen-bond donors (Lipinski definition) is 1. The minimum Gasteiger partial charge on any atom is -0.282 e. The molecule has 0 atom stereocenters. The number of allylic oxidation sites excluding steroid dienone is 1. The average molecular weight is 508 g/mol. The van der Waals surface area contributed by atoms with Gasteiger partial charge in [-0.1, -0.05) is 30.2 Å². The molecule has 0 aliphatic carbocycles. The second-order valence-corrected chi connectivity index (χ2v) is 10.1. The SMILES string of the molecule is Cc1cc(Cl)c(S(=O)(=O)O)c(CCCCC/C=C(\Br)I)c1. The third-order valence-corrected chi connectivity index (χ3v) is 5.14. The van der Waals surface area contributed by atoms with E-state index >= 15 is 0 Å². The van der Waals surface area contributed by atoms with Gasteiger partial charge in [-0.2, -0.15) is 8.42 Å². The summed E-state index contributed by atoms with van der Waals surface area (Å²) in [6.45, 7) is 1.85. The summed E-state index contributed by atoms with van der Waals surface area (Å²) >= 11 is 11.5. The van der Waals surface area contributed by atoms with Crippen molar-refractivity contribution in [2.75, 3.05) is 0 Å². The van der Waals surface area contributed by atoms with Gasteiger partial charge in [0.1, 0.15) is 4.90 Å². The summed E-state index contributed by atoms with van der Waals surface area (Å²) in [5.41, 5.74) is 1.48. The monoisotopic (exact) mass is 506 g/mol. The molecule has 7 heteroatoms. The molecule has 0 aliphatic heterocycles. The molecule has 3 nitrogen and oxygen atoms in total. The first kappa shape index (κ1) is 19.4. The van der Waals surface area contributed by atoms with Gasteiger partial charge in [0.25, 0.3) is 10.1 Å². The van der Waals surface area contributed by atoms with Gasteiger partial charge in [0.15, 0.2) is 0 Å². The van der Waals surface area contributed by atoms with E-state index in [4.69, 9.17) is 11.6 Å². The summed E-state index contributed by atoms with van der Waals surface area (Å²) in [5, 5.41) is 0.0873. The van der Waals surface area contributed by atoms with Crippen molar-refractivity contribution >= 4 is 60.2 Å². The highest BCUT2D eigenvalue weighted by atomic mass is 127. The Morgan fingerprint density at radius 1 is 1.38 bits per heavy atom. The number of halogens is 3. The van der Waals surface area contributed by atoms with Crippen LogP contribution in [0.25, 0.3) is 0 Å². The second kappa shape index (κ2) is 8.86. The lowest BCUT2D eigenvalue weighted by Gasteiger charge is -2.10. The molecule has 0 radical (unpaired) electrons. The Kier molecular flexibility index (Phi) is 8.19. The normalized spacial score (nSPS) is 12.7. The van der Waals surface area contributed by atoms with E-state index in [0.717, 1.165) is 33.7 Å². The summed E-state index contributed by atoms with van der Waals surface area (Å²) in [4.78, 5) is -0.148. The summed E-state index contributed by atoms with van der Waals surface area (Å²) in [7, 11) is -4.29. The van der Waals surface area contributed by atoms with Crippen molar-refractivity contribution in [2.45, 2.75) is 43.9 Å². The molecule has 1 rings (SSSR count). The number of benzene rings is 1. The summed E-state index contributed by atoms with van der Waals surface area (Å²) < 4.78 is 33.3. The molecular formula is C14H17BrClIO3S. The number of unbranched alkanes of at least 4 members (excludes halogenated alkanes) is 3. The molecule has 118 valence electrons. The van der Waals surface area contributed by atoms with Crippen LogP contribution in [0.15, 0.2) is 25.6 Å². The molecule has 0 saturated heterocycles. The van der Waals surface area contributed by atoms with Gasteiger partial charge in [0.05, 0.1) is 7.51 Å². The van der Waals surface area contributed by atoms with Gasteiger partial charge < -0.3 is 0 Å². The minimum absolute atomic E-state index is 0.0873. The fourth-order valence-corrected chi connectivity index (χ4v) is 4.05. The molecule has 0 spiro atoms. The molecule has 0 heterocycles. The van der Waals surface area contributed by atoms with Gasteiger partial charge in [-0.25, -0.2) is 0 Å². The number of aryl methyl sites for hydroxylation is 2. The Morgan fingerprint density at radius 3 is 2.62 bits per heavy atom. The van der Waals surface area contributed by atoms with E-state index in [1.54, 1.807) is 12.1 Å². The van der Waals surface area contributed by atoms with Gasteiger partial charge in [-0.05, 0) is 88.3 Å². The molecule has 0 saturated carbocycles. The molecule has 0 aliphatic rings. The van der Waals surface area contributed by atoms with Crippen molar-refractivity contribution in [1.29, 1.82) is 0 Å². The molecule has 0 aromatic heterocycles. The van der Waals surface area contributed by atoms with Gasteiger partial charge >= 0.3 is 0 Å². The highest BCUT2D eigenvalue weighted by molar-refractivity contribution is 14.1. The van der Waals surface area contributed by atoms with Gasteiger partial charge in [-0.15, -0.1) is 0 Å². The zero-order valence-electron chi connectivity index (χ0n) is 11.6. The lowest BCUT2D eigenvalue weighted by atomic mass is 10.0. The first-order valence-corrected chi connectivity index (χ1v) is 10.2. The topological polar surface area (TPSA) is 54.4 Å². The minimum atomic E-state index is -4.29. The first-order valence-electron chi connectivity index (χ1n) is 6.49. The van der Waals surface area contributed by atoms with Crippen LogP contribution in [-0.2, 0) is 16.5 Å². The zero-order chi connectivity index (χ0) is 16.0. The fourth-order valence-electron chi connectivity index (χ4n) is 2.12. The van der Waals surface area contributed by atoms with Gasteiger partial charge in [-0.3, -0.25) is 4.55 Å². The van der Waals surface area contributed by atoms with Crippen LogP contribution >= 0.6 is 50.1 Å². The zero-order valence-corrected chi connectivity index (χ0v) is 16.9. The van der Waals surface area contributed by atoms with E-state index in [9.17, 15) is 13.0 Å². The van der Waals surface area contributed by atoms with Crippen LogP contribution in [0, 0.1) is 6.92 Å². The quantitative estimate of drug-likeness (QED) is 0.294. The van der Waals surface area contributed by atoms with E-state index in [1.807, 2.05) is 6.92 Å². The standard InChI is InChI=1S/C14H17BrClIO3S/c1-10-8-11(6-4-2-3-5-7-13(15)17)14(12(16)9-10)21(18,19)20/h7-9H,2-6H2,1H3,(H,18,19,20)/b13-7+. The maximum absolute atomic E-state index is 11.5. The van der Waals surface area contributed by atoms with Crippen molar-refractivity contribution in [3.8, 4) is 0 Å². The van der Waals surface area contributed by atoms with Crippen LogP contribution in [-0.4, -0.2) is 13.0 Å². The third kappa shape index (κ3) is 6.99. The van der Waals surface area contributed by atoms with Crippen molar-refractivity contribution in [3.05, 3.63) is 36.8 Å². The van der Waals surface area contributed by atoms with E-state index in [2.05, 4.69) is 44.6 Å². The van der Waals surface area contributed by atoms with Crippen molar-refractivity contribution in [2.24, 2.45) is 0 Å². The lowest BCUT2D eigenvalue weighted by Crippen LogP contribution is -2.05. The number of hydrogen-bond acceptors (Lipinski definition) is 2. The van der Waals surface area contributed by atoms with Crippen LogP contribution in [0.1, 0.15) is 36.8 Å². The molecule has 0 bridgehead atoms. The summed E-state index contributed by atoms with van der Waals surface area (Å²) in [6, 6.07) is 3.33. The summed E-state index contributed by atoms with van der Waals surface area (Å²) in [6.07, 6.45) is 6.57. The third-order valence-electron chi connectivity index (χ3n) is 2.97. The predicted molar refractivity (Wildman–Crippen MR) is 99.2 cm³/mol. The van der Waals surface area contributed by atoms with Crippen molar-refractivity contribution < 1.29 is 13.0 Å². The lowest BCUT2D eigenvalue weighted by molar-refractivity contribution is 0.482. The van der Waals surface area contributed by atoms with Crippen LogP contribution in [0.2, 0.25) is 5.02 Å². The van der Waals surface area contributed by atoms with Crippen molar-refractivity contribution in [1.82, 2.24) is 0 Å². The Bertz CT molecular complexity index is 625. The predicted octanol–water partition coefficient (Wildman–Crippen LogP) is 5.67.